The van der Waals surface area contributed by atoms with Gasteiger partial charge in [-0.05, 0) is 35.4 Å². The van der Waals surface area contributed by atoms with Gasteiger partial charge >= 0.3 is 10.9 Å². The van der Waals surface area contributed by atoms with Crippen molar-refractivity contribution in [3.63, 3.8) is 0 Å². The molecule has 0 atom stereocenters. The van der Waals surface area contributed by atoms with Gasteiger partial charge in [0.2, 0.25) is 0 Å². The molecule has 146 valence electrons. The zero-order chi connectivity index (χ0) is 21.1. The van der Waals surface area contributed by atoms with Gasteiger partial charge in [0.25, 0.3) is 0 Å². The zero-order valence-electron chi connectivity index (χ0n) is 15.3. The molecule has 0 bridgehead atoms. The van der Waals surface area contributed by atoms with E-state index in [-0.39, 0.29) is 11.3 Å². The summed E-state index contributed by atoms with van der Waals surface area (Å²) in [4.78, 5) is 23.9. The summed E-state index contributed by atoms with van der Waals surface area (Å²) in [6.45, 7) is 0. The van der Waals surface area contributed by atoms with Gasteiger partial charge in [-0.3, -0.25) is 0 Å². The largest absolute Gasteiger partial charge is 0.422 e. The fraction of sp³-hybridized carbons (Fsp3) is 0. The average Bonchev–Trinajstić information content (AvgIpc) is 3.12. The fourth-order valence-corrected chi connectivity index (χ4v) is 3.86. The van der Waals surface area contributed by atoms with Crippen molar-refractivity contribution in [2.75, 3.05) is 0 Å². The standard InChI is InChI=1S/C23H12BrNO4S/c24-17-8-6-15(7-9-17)19-11-18(12-20-21(19)29-23(27)30-20)28-22(26)16(13-25)10-14-4-2-1-3-5-14/h1-12H. The molecule has 4 aromatic rings. The van der Waals surface area contributed by atoms with Crippen LogP contribution in [0.3, 0.4) is 0 Å². The Hall–Kier alpha value is -3.47. The maximum atomic E-state index is 12.6. The summed E-state index contributed by atoms with van der Waals surface area (Å²) in [7, 11) is 0. The number of halogens is 1. The second-order valence-electron chi connectivity index (χ2n) is 6.23. The number of nitrogens with zero attached hydrogens (tertiary/aromatic N) is 1. The van der Waals surface area contributed by atoms with Gasteiger partial charge in [0.15, 0.2) is 5.58 Å². The molecule has 0 radical (unpaired) electrons. The first kappa shape index (κ1) is 19.8. The number of nitriles is 1. The van der Waals surface area contributed by atoms with Crippen LogP contribution in [0.5, 0.6) is 5.75 Å². The lowest BCUT2D eigenvalue weighted by Crippen LogP contribution is -2.10. The maximum absolute atomic E-state index is 12.6. The second-order valence-corrected chi connectivity index (χ2v) is 8.12. The van der Waals surface area contributed by atoms with Crippen molar-refractivity contribution in [2.24, 2.45) is 0 Å². The minimum Gasteiger partial charge on any atom is -0.422 e. The molecule has 0 aliphatic heterocycles. The number of esters is 1. The van der Waals surface area contributed by atoms with Crippen LogP contribution in [0.1, 0.15) is 5.56 Å². The van der Waals surface area contributed by atoms with Crippen LogP contribution in [0.4, 0.5) is 0 Å². The lowest BCUT2D eigenvalue weighted by Gasteiger charge is -2.08. The summed E-state index contributed by atoms with van der Waals surface area (Å²) in [6, 6.07) is 21.5. The molecule has 0 saturated heterocycles. The summed E-state index contributed by atoms with van der Waals surface area (Å²) in [5, 5.41) is 9.39. The minimum atomic E-state index is -0.779. The van der Waals surface area contributed by atoms with Crippen molar-refractivity contribution in [1.82, 2.24) is 0 Å². The third kappa shape index (κ3) is 4.25. The third-order valence-electron chi connectivity index (χ3n) is 4.22. The van der Waals surface area contributed by atoms with Crippen molar-refractivity contribution >= 4 is 49.6 Å². The Morgan fingerprint density at radius 3 is 2.53 bits per heavy atom. The van der Waals surface area contributed by atoms with E-state index in [1.54, 1.807) is 24.3 Å². The number of fused-ring (bicyclic) bond motifs is 1. The molecule has 1 heterocycles. The normalized spacial score (nSPS) is 11.3. The van der Waals surface area contributed by atoms with E-state index in [2.05, 4.69) is 15.9 Å². The van der Waals surface area contributed by atoms with Gasteiger partial charge in [-0.25, -0.2) is 9.59 Å². The van der Waals surface area contributed by atoms with E-state index < -0.39 is 10.9 Å². The van der Waals surface area contributed by atoms with Crippen LogP contribution >= 0.6 is 27.3 Å². The van der Waals surface area contributed by atoms with E-state index in [4.69, 9.17) is 9.15 Å². The van der Waals surface area contributed by atoms with Gasteiger partial charge in [-0.2, -0.15) is 5.26 Å². The Labute approximate surface area is 183 Å². The van der Waals surface area contributed by atoms with Crippen LogP contribution < -0.4 is 9.68 Å². The third-order valence-corrected chi connectivity index (χ3v) is 5.53. The molecule has 7 heteroatoms. The van der Waals surface area contributed by atoms with E-state index in [9.17, 15) is 14.9 Å². The van der Waals surface area contributed by atoms with Gasteiger partial charge in [-0.15, -0.1) is 0 Å². The Morgan fingerprint density at radius 2 is 1.83 bits per heavy atom. The number of hydrogen-bond acceptors (Lipinski definition) is 6. The van der Waals surface area contributed by atoms with Crippen LogP contribution in [0.15, 0.2) is 86.0 Å². The van der Waals surface area contributed by atoms with Gasteiger partial charge in [0.1, 0.15) is 17.4 Å². The van der Waals surface area contributed by atoms with Crippen molar-refractivity contribution in [3.05, 3.63) is 92.1 Å². The van der Waals surface area contributed by atoms with Gasteiger partial charge in [-0.1, -0.05) is 69.7 Å². The van der Waals surface area contributed by atoms with E-state index in [0.717, 1.165) is 21.4 Å². The van der Waals surface area contributed by atoms with Gasteiger partial charge in [0, 0.05) is 16.1 Å². The van der Waals surface area contributed by atoms with E-state index in [1.165, 1.54) is 6.08 Å². The minimum absolute atomic E-state index is 0.133. The number of carbonyl (C=O) groups is 1. The molecule has 0 fully saturated rings. The predicted molar refractivity (Wildman–Crippen MR) is 119 cm³/mol. The first-order valence-electron chi connectivity index (χ1n) is 8.76. The number of rotatable bonds is 4. The lowest BCUT2D eigenvalue weighted by atomic mass is 10.0. The molecule has 0 unspecified atom stereocenters. The van der Waals surface area contributed by atoms with Gasteiger partial charge in [0.05, 0.1) is 4.70 Å². The number of ether oxygens (including phenoxy) is 1. The first-order valence-corrected chi connectivity index (χ1v) is 10.4. The highest BCUT2D eigenvalue weighted by molar-refractivity contribution is 9.10. The summed E-state index contributed by atoms with van der Waals surface area (Å²) >= 11 is 4.31. The van der Waals surface area contributed by atoms with E-state index >= 15 is 0 Å². The van der Waals surface area contributed by atoms with Crippen LogP contribution in [0.25, 0.3) is 27.5 Å². The van der Waals surface area contributed by atoms with Crippen molar-refractivity contribution < 1.29 is 13.9 Å². The molecular formula is C23H12BrNO4S. The molecule has 30 heavy (non-hydrogen) atoms. The summed E-state index contributed by atoms with van der Waals surface area (Å²) in [5.74, 6) is -0.560. The lowest BCUT2D eigenvalue weighted by molar-refractivity contribution is -0.129. The molecule has 0 aliphatic carbocycles. The molecule has 0 amide bonds. The highest BCUT2D eigenvalue weighted by Crippen LogP contribution is 2.35. The van der Waals surface area contributed by atoms with Gasteiger partial charge < -0.3 is 9.15 Å². The molecule has 0 saturated carbocycles. The van der Waals surface area contributed by atoms with Crippen molar-refractivity contribution in [1.29, 1.82) is 5.26 Å². The number of carbonyl (C=O) groups excluding carboxylic acids is 1. The topological polar surface area (TPSA) is 80.3 Å². The Bertz CT molecular complexity index is 1360. The number of hydrogen-bond donors (Lipinski definition) is 0. The van der Waals surface area contributed by atoms with Crippen molar-refractivity contribution in [3.8, 4) is 22.9 Å². The molecule has 1 aromatic heterocycles. The highest BCUT2D eigenvalue weighted by atomic mass is 79.9. The van der Waals surface area contributed by atoms with Crippen LogP contribution in [0, 0.1) is 11.3 Å². The first-order chi connectivity index (χ1) is 14.5. The molecule has 3 aromatic carbocycles. The smallest absolute Gasteiger partial charge is 0.396 e. The van der Waals surface area contributed by atoms with E-state index in [1.807, 2.05) is 48.5 Å². The molecule has 4 rings (SSSR count). The molecule has 0 aliphatic rings. The average molecular weight is 478 g/mol. The van der Waals surface area contributed by atoms with E-state index in [0.29, 0.717) is 21.4 Å². The second kappa shape index (κ2) is 8.49. The Kier molecular flexibility index (Phi) is 5.61. The molecular weight excluding hydrogens is 466 g/mol. The number of benzene rings is 3. The summed E-state index contributed by atoms with van der Waals surface area (Å²) in [6.07, 6.45) is 1.47. The molecule has 0 N–H and O–H groups in total. The van der Waals surface area contributed by atoms with Crippen LogP contribution in [-0.2, 0) is 4.79 Å². The molecule has 0 spiro atoms. The highest BCUT2D eigenvalue weighted by Gasteiger charge is 2.17. The maximum Gasteiger partial charge on any atom is 0.396 e. The fourth-order valence-electron chi connectivity index (χ4n) is 2.87. The summed E-state index contributed by atoms with van der Waals surface area (Å²) < 4.78 is 12.3. The zero-order valence-corrected chi connectivity index (χ0v) is 17.7. The SMILES string of the molecule is N#CC(=Cc1ccccc1)C(=O)Oc1cc(-c2ccc(Br)cc2)c2oc(=O)sc2c1. The monoisotopic (exact) mass is 477 g/mol. The predicted octanol–water partition coefficient (Wildman–Crippen LogP) is 5.80. The van der Waals surface area contributed by atoms with Crippen LogP contribution in [-0.4, -0.2) is 5.97 Å². The Balaban J connectivity index is 1.73. The van der Waals surface area contributed by atoms with Crippen molar-refractivity contribution in [2.45, 2.75) is 0 Å². The Morgan fingerprint density at radius 1 is 1.10 bits per heavy atom. The quantitative estimate of drug-likeness (QED) is 0.160. The van der Waals surface area contributed by atoms with Crippen LogP contribution in [0.2, 0.25) is 0 Å². The summed E-state index contributed by atoms with van der Waals surface area (Å²) in [5.41, 5.74) is 2.42. The molecule has 5 nitrogen and oxygen atoms in total.